The number of nitrogens with zero attached hydrogens (tertiary/aromatic N) is 3. The van der Waals surface area contributed by atoms with E-state index in [1.165, 1.54) is 6.20 Å². The van der Waals surface area contributed by atoms with Gasteiger partial charge in [-0.3, -0.25) is 4.79 Å². The van der Waals surface area contributed by atoms with Crippen LogP contribution in [0.5, 0.6) is 0 Å². The Labute approximate surface area is 223 Å². The number of aliphatic hydroxyl groups is 2. The van der Waals surface area contributed by atoms with Gasteiger partial charge in [-0.1, -0.05) is 30.3 Å². The van der Waals surface area contributed by atoms with Gasteiger partial charge in [-0.2, -0.15) is 0 Å². The highest BCUT2D eigenvalue weighted by Crippen LogP contribution is 2.38. The van der Waals surface area contributed by atoms with Crippen molar-refractivity contribution in [2.45, 2.75) is 31.6 Å². The van der Waals surface area contributed by atoms with Crippen LogP contribution in [0.4, 0.5) is 14.9 Å². The van der Waals surface area contributed by atoms with Crippen molar-refractivity contribution in [3.8, 4) is 0 Å². The Hall–Kier alpha value is -3.96. The second kappa shape index (κ2) is 11.4. The first-order valence-corrected chi connectivity index (χ1v) is 12.9. The zero-order valence-electron chi connectivity index (χ0n) is 21.3. The summed E-state index contributed by atoms with van der Waals surface area (Å²) < 4.78 is 27.6. The number of aromatic nitrogens is 1. The van der Waals surface area contributed by atoms with E-state index < -0.39 is 42.6 Å². The second-order valence-electron chi connectivity index (χ2n) is 9.78. The summed E-state index contributed by atoms with van der Waals surface area (Å²) in [6.45, 7) is 0.595. The fourth-order valence-corrected chi connectivity index (χ4v) is 4.64. The molecule has 39 heavy (non-hydrogen) atoms. The lowest BCUT2D eigenvalue weighted by Crippen LogP contribution is -2.49. The average molecular weight is 540 g/mol. The molecule has 0 bridgehead atoms. The van der Waals surface area contributed by atoms with Crippen LogP contribution in [-0.2, 0) is 16.1 Å². The summed E-state index contributed by atoms with van der Waals surface area (Å²) in [4.78, 5) is 41.6. The summed E-state index contributed by atoms with van der Waals surface area (Å²) in [5.41, 5.74) is 0.797. The van der Waals surface area contributed by atoms with Gasteiger partial charge in [0.15, 0.2) is 0 Å². The Kier molecular flexibility index (Phi) is 7.80. The smallest absolute Gasteiger partial charge is 0.410 e. The zero-order valence-corrected chi connectivity index (χ0v) is 21.3. The van der Waals surface area contributed by atoms with Gasteiger partial charge in [0.2, 0.25) is 5.43 Å². The van der Waals surface area contributed by atoms with Gasteiger partial charge in [0.05, 0.1) is 17.8 Å². The SMILES string of the molecule is O=C(OCC(O)CO)c1cn(C2CC2)c2cc(N3CCN(C(=O)OCc4ccccc4)CC3)c(F)cc2c1=O. The third kappa shape index (κ3) is 5.89. The molecule has 2 N–H and O–H groups in total. The first-order chi connectivity index (χ1) is 18.9. The number of anilines is 1. The molecule has 1 unspecified atom stereocenters. The highest BCUT2D eigenvalue weighted by Gasteiger charge is 2.30. The minimum atomic E-state index is -1.26. The minimum absolute atomic E-state index is 0.0587. The molecule has 2 aliphatic rings. The van der Waals surface area contributed by atoms with Gasteiger partial charge >= 0.3 is 12.1 Å². The normalized spacial score (nSPS) is 16.3. The Morgan fingerprint density at radius 3 is 2.44 bits per heavy atom. The molecule has 1 saturated carbocycles. The molecule has 1 saturated heterocycles. The summed E-state index contributed by atoms with van der Waals surface area (Å²) in [5.74, 6) is -1.55. The fraction of sp³-hybridized carbons (Fsp3) is 0.393. The molecule has 2 aromatic carbocycles. The van der Waals surface area contributed by atoms with E-state index in [-0.39, 0.29) is 23.6 Å². The van der Waals surface area contributed by atoms with Crippen LogP contribution in [0.25, 0.3) is 10.9 Å². The van der Waals surface area contributed by atoms with Gasteiger partial charge in [-0.05, 0) is 30.5 Å². The van der Waals surface area contributed by atoms with Crippen LogP contribution in [0, 0.1) is 5.82 Å². The highest BCUT2D eigenvalue weighted by atomic mass is 19.1. The number of hydrogen-bond acceptors (Lipinski definition) is 8. The van der Waals surface area contributed by atoms with Crippen molar-refractivity contribution >= 4 is 28.7 Å². The lowest BCUT2D eigenvalue weighted by molar-refractivity contribution is 0.00918. The number of carbonyl (C=O) groups is 2. The van der Waals surface area contributed by atoms with Crippen molar-refractivity contribution in [3.63, 3.8) is 0 Å². The lowest BCUT2D eigenvalue weighted by atomic mass is 10.1. The molecule has 0 spiro atoms. The molecular formula is C28H30FN3O7. The summed E-state index contributed by atoms with van der Waals surface area (Å²) in [6, 6.07) is 12.2. The number of halogens is 1. The first kappa shape index (κ1) is 26.6. The number of carbonyl (C=O) groups excluding carboxylic acids is 2. The van der Waals surface area contributed by atoms with E-state index in [9.17, 15) is 19.5 Å². The van der Waals surface area contributed by atoms with Crippen molar-refractivity contribution in [3.05, 3.63) is 75.8 Å². The van der Waals surface area contributed by atoms with Crippen LogP contribution < -0.4 is 10.3 Å². The van der Waals surface area contributed by atoms with Crippen molar-refractivity contribution in [1.29, 1.82) is 0 Å². The molecule has 1 aromatic heterocycles. The molecule has 2 heterocycles. The van der Waals surface area contributed by atoms with E-state index in [0.29, 0.717) is 37.4 Å². The maximum Gasteiger partial charge on any atom is 0.410 e. The van der Waals surface area contributed by atoms with Crippen LogP contribution in [0.2, 0.25) is 0 Å². The third-order valence-corrected chi connectivity index (χ3v) is 6.96. The Bertz CT molecular complexity index is 1420. The van der Waals surface area contributed by atoms with Crippen LogP contribution in [0.15, 0.2) is 53.5 Å². The van der Waals surface area contributed by atoms with Crippen molar-refractivity contribution in [2.24, 2.45) is 0 Å². The Morgan fingerprint density at radius 2 is 1.77 bits per heavy atom. The lowest BCUT2D eigenvalue weighted by Gasteiger charge is -2.35. The van der Waals surface area contributed by atoms with E-state index in [0.717, 1.165) is 24.5 Å². The molecule has 1 aliphatic carbocycles. The van der Waals surface area contributed by atoms with Gasteiger partial charge in [0, 0.05) is 43.8 Å². The number of aliphatic hydroxyl groups excluding tert-OH is 2. The maximum absolute atomic E-state index is 15.4. The van der Waals surface area contributed by atoms with E-state index in [1.807, 2.05) is 35.2 Å². The number of ether oxygens (including phenoxy) is 2. The molecule has 1 atom stereocenters. The number of amides is 1. The standard InChI is InChI=1S/C28H30FN3O7/c29-23-12-21-24(32(19-6-7-19)14-22(26(21)35)27(36)38-17-20(34)15-33)13-25(23)30-8-10-31(11-9-30)28(37)39-16-18-4-2-1-3-5-18/h1-5,12-14,19-20,33-34H,6-11,15-17H2. The van der Waals surface area contributed by atoms with E-state index in [1.54, 1.807) is 15.5 Å². The monoisotopic (exact) mass is 539 g/mol. The summed E-state index contributed by atoms with van der Waals surface area (Å²) in [5, 5.41) is 18.5. The zero-order chi connectivity index (χ0) is 27.5. The van der Waals surface area contributed by atoms with E-state index in [2.05, 4.69) is 0 Å². The molecule has 11 heteroatoms. The molecule has 1 aliphatic heterocycles. The number of benzene rings is 2. The Morgan fingerprint density at radius 1 is 1.05 bits per heavy atom. The number of fused-ring (bicyclic) bond motifs is 1. The van der Waals surface area contributed by atoms with Gasteiger partial charge < -0.3 is 34.1 Å². The molecule has 206 valence electrons. The van der Waals surface area contributed by atoms with Gasteiger partial charge in [-0.15, -0.1) is 0 Å². The van der Waals surface area contributed by atoms with Crippen LogP contribution in [-0.4, -0.2) is 77.2 Å². The maximum atomic E-state index is 15.4. The number of piperazine rings is 1. The molecule has 5 rings (SSSR count). The van der Waals surface area contributed by atoms with Crippen LogP contribution in [0.3, 0.4) is 0 Å². The number of hydrogen-bond donors (Lipinski definition) is 2. The first-order valence-electron chi connectivity index (χ1n) is 12.9. The fourth-order valence-electron chi connectivity index (χ4n) is 4.64. The number of esters is 1. The molecular weight excluding hydrogens is 509 g/mol. The second-order valence-corrected chi connectivity index (χ2v) is 9.78. The van der Waals surface area contributed by atoms with Crippen molar-refractivity contribution in [1.82, 2.24) is 9.47 Å². The molecule has 2 fully saturated rings. The van der Waals surface area contributed by atoms with Crippen molar-refractivity contribution < 1.29 is 33.7 Å². The predicted molar refractivity (Wildman–Crippen MR) is 140 cm³/mol. The molecule has 10 nitrogen and oxygen atoms in total. The topological polar surface area (TPSA) is 122 Å². The Balaban J connectivity index is 1.33. The molecule has 3 aromatic rings. The number of rotatable bonds is 8. The largest absolute Gasteiger partial charge is 0.459 e. The number of pyridine rings is 1. The third-order valence-electron chi connectivity index (χ3n) is 6.96. The van der Waals surface area contributed by atoms with E-state index >= 15 is 4.39 Å². The quantitative estimate of drug-likeness (QED) is 0.419. The highest BCUT2D eigenvalue weighted by molar-refractivity contribution is 5.94. The summed E-state index contributed by atoms with van der Waals surface area (Å²) >= 11 is 0. The van der Waals surface area contributed by atoms with Gasteiger partial charge in [0.1, 0.15) is 30.7 Å². The van der Waals surface area contributed by atoms with Crippen molar-refractivity contribution in [2.75, 3.05) is 44.3 Å². The average Bonchev–Trinajstić information content (AvgIpc) is 3.81. The van der Waals surface area contributed by atoms with E-state index in [4.69, 9.17) is 14.6 Å². The molecule has 1 amide bonds. The van der Waals surface area contributed by atoms with Gasteiger partial charge in [-0.25, -0.2) is 14.0 Å². The summed E-state index contributed by atoms with van der Waals surface area (Å²) in [6.07, 6.45) is 1.45. The minimum Gasteiger partial charge on any atom is -0.459 e. The predicted octanol–water partition coefficient (Wildman–Crippen LogP) is 2.44. The van der Waals surface area contributed by atoms with Gasteiger partial charge in [0.25, 0.3) is 0 Å². The van der Waals surface area contributed by atoms with Crippen LogP contribution >= 0.6 is 0 Å². The summed E-state index contributed by atoms with van der Waals surface area (Å²) in [7, 11) is 0. The van der Waals surface area contributed by atoms with Crippen LogP contribution in [0.1, 0.15) is 34.8 Å². The molecule has 0 radical (unpaired) electrons.